The second-order valence-corrected chi connectivity index (χ2v) is 18.1. The van der Waals surface area contributed by atoms with E-state index in [4.69, 9.17) is 52.4 Å². The van der Waals surface area contributed by atoms with Gasteiger partial charge >= 0.3 is 23.9 Å². The average Bonchev–Trinajstić information content (AvgIpc) is 4.12. The van der Waals surface area contributed by atoms with E-state index in [9.17, 15) is 24.0 Å². The number of methoxy groups -OCH3 is 3. The van der Waals surface area contributed by atoms with E-state index >= 15 is 0 Å². The van der Waals surface area contributed by atoms with Crippen LogP contribution in [0.3, 0.4) is 0 Å². The summed E-state index contributed by atoms with van der Waals surface area (Å²) in [5, 5.41) is 1.03. The van der Waals surface area contributed by atoms with Crippen molar-refractivity contribution in [2.24, 2.45) is 11.8 Å². The Morgan fingerprint density at radius 1 is 0.831 bits per heavy atom. The Kier molecular flexibility index (Phi) is 11.1. The van der Waals surface area contributed by atoms with E-state index in [-0.39, 0.29) is 54.4 Å². The summed E-state index contributed by atoms with van der Waals surface area (Å²) in [6.07, 6.45) is -0.233. The summed E-state index contributed by atoms with van der Waals surface area (Å²) >= 11 is 0. The predicted molar refractivity (Wildman–Crippen MR) is 251 cm³/mol. The van der Waals surface area contributed by atoms with Gasteiger partial charge in [-0.1, -0.05) is 25.5 Å². The van der Waals surface area contributed by atoms with Crippen LogP contribution in [0.5, 0.6) is 34.5 Å². The summed E-state index contributed by atoms with van der Waals surface area (Å²) < 4.78 is 59.4. The van der Waals surface area contributed by atoms with Crippen LogP contribution in [0.15, 0.2) is 77.6 Å². The maximum Gasteiger partial charge on any atom is 0.355 e. The van der Waals surface area contributed by atoms with Crippen LogP contribution >= 0.6 is 0 Å². The summed E-state index contributed by atoms with van der Waals surface area (Å²) in [5.41, 5.74) is 5.42. The number of aromatic nitrogens is 2. The average molecular weight is 965 g/mol. The Balaban J connectivity index is 0.829. The summed E-state index contributed by atoms with van der Waals surface area (Å²) in [6.45, 7) is 5.18. The molecule has 6 heterocycles. The fourth-order valence-electron chi connectivity index (χ4n) is 11.0. The van der Waals surface area contributed by atoms with Crippen LogP contribution in [0.2, 0.25) is 0 Å². The number of fused-ring (bicyclic) bond motifs is 8. The van der Waals surface area contributed by atoms with Gasteiger partial charge in [-0.05, 0) is 103 Å². The van der Waals surface area contributed by atoms with Crippen molar-refractivity contribution in [3.8, 4) is 45.9 Å². The molecule has 0 radical (unpaired) electrons. The maximum absolute atomic E-state index is 14.2. The number of hydrogen-bond donors (Lipinski definition) is 0. The molecular weight excluding hydrogens is 917 g/mol. The number of carbonyl (C=O) groups excluding carboxylic acids is 4. The molecular formula is C54H48N2O15. The normalized spacial score (nSPS) is 20.9. The highest BCUT2D eigenvalue weighted by Gasteiger charge is 2.55. The van der Waals surface area contributed by atoms with E-state index in [0.717, 1.165) is 34.0 Å². The Labute approximate surface area is 406 Å². The molecule has 364 valence electrons. The second-order valence-electron chi connectivity index (χ2n) is 18.1. The number of cyclic esters (lactones) is 2. The lowest BCUT2D eigenvalue weighted by Gasteiger charge is -2.38. The molecule has 11 rings (SSSR count). The molecule has 0 spiro atoms. The predicted octanol–water partition coefficient (Wildman–Crippen LogP) is 7.17. The van der Waals surface area contributed by atoms with Crippen LogP contribution < -0.4 is 34.0 Å². The third-order valence-corrected chi connectivity index (χ3v) is 14.4. The van der Waals surface area contributed by atoms with Gasteiger partial charge in [0.05, 0.1) is 68.4 Å². The van der Waals surface area contributed by atoms with Gasteiger partial charge in [0.1, 0.15) is 18.5 Å². The van der Waals surface area contributed by atoms with Crippen molar-refractivity contribution in [2.45, 2.75) is 64.4 Å². The summed E-state index contributed by atoms with van der Waals surface area (Å²) in [6, 6.07) is 20.9. The van der Waals surface area contributed by atoms with E-state index < -0.39 is 59.9 Å². The molecule has 3 unspecified atom stereocenters. The van der Waals surface area contributed by atoms with E-state index in [1.165, 1.54) is 45.6 Å². The lowest BCUT2D eigenvalue weighted by atomic mass is 9.66. The maximum atomic E-state index is 14.2. The van der Waals surface area contributed by atoms with Crippen molar-refractivity contribution in [3.05, 3.63) is 133 Å². The van der Waals surface area contributed by atoms with Gasteiger partial charge < -0.3 is 51.9 Å². The monoisotopic (exact) mass is 964 g/mol. The third kappa shape index (κ3) is 7.18. The Morgan fingerprint density at radius 3 is 2.25 bits per heavy atom. The smallest absolute Gasteiger partial charge is 0.355 e. The molecule has 0 amide bonds. The van der Waals surface area contributed by atoms with E-state index in [1.54, 1.807) is 41.8 Å². The van der Waals surface area contributed by atoms with Crippen molar-refractivity contribution in [1.29, 1.82) is 0 Å². The number of hydrogen-bond acceptors (Lipinski definition) is 16. The molecule has 1 aliphatic carbocycles. The van der Waals surface area contributed by atoms with Crippen LogP contribution in [0, 0.1) is 18.8 Å². The van der Waals surface area contributed by atoms with Gasteiger partial charge in [0, 0.05) is 33.9 Å². The lowest BCUT2D eigenvalue weighted by molar-refractivity contribution is -0.190. The molecule has 1 fully saturated rings. The molecule has 0 saturated carbocycles. The molecule has 1 saturated heterocycles. The van der Waals surface area contributed by atoms with Gasteiger partial charge in [-0.2, -0.15) is 0 Å². The quantitative estimate of drug-likeness (QED) is 0.0882. The highest BCUT2D eigenvalue weighted by atomic mass is 16.7. The minimum Gasteiger partial charge on any atom is -0.493 e. The van der Waals surface area contributed by atoms with Gasteiger partial charge in [-0.3, -0.25) is 9.59 Å². The molecule has 4 aliphatic heterocycles. The molecule has 0 N–H and O–H groups in total. The van der Waals surface area contributed by atoms with Crippen molar-refractivity contribution in [1.82, 2.24) is 9.55 Å². The fourth-order valence-corrected chi connectivity index (χ4v) is 11.0. The van der Waals surface area contributed by atoms with Crippen molar-refractivity contribution >= 4 is 34.8 Å². The van der Waals surface area contributed by atoms with E-state index in [0.29, 0.717) is 63.4 Å². The Bertz CT molecular complexity index is 3280. The first-order chi connectivity index (χ1) is 34.4. The van der Waals surface area contributed by atoms with Crippen molar-refractivity contribution in [3.63, 3.8) is 0 Å². The first-order valence-electron chi connectivity index (χ1n) is 23.3. The van der Waals surface area contributed by atoms with Gasteiger partial charge in [0.25, 0.3) is 5.56 Å². The number of aryl methyl sites for hydroxylation is 2. The fraction of sp³-hybridized carbons (Fsp3) is 0.333. The molecule has 5 atom stereocenters. The van der Waals surface area contributed by atoms with Gasteiger partial charge in [-0.15, -0.1) is 0 Å². The van der Waals surface area contributed by atoms with Crippen LogP contribution in [-0.4, -0.2) is 74.8 Å². The molecule has 17 heteroatoms. The third-order valence-electron chi connectivity index (χ3n) is 14.4. The Morgan fingerprint density at radius 2 is 1.56 bits per heavy atom. The molecule has 5 aliphatic rings. The highest BCUT2D eigenvalue weighted by molar-refractivity contribution is 5.91. The number of esters is 4. The summed E-state index contributed by atoms with van der Waals surface area (Å²) in [4.78, 5) is 74.3. The molecule has 4 aromatic carbocycles. The number of ether oxygens (including phenoxy) is 10. The molecule has 2 aromatic heterocycles. The van der Waals surface area contributed by atoms with Crippen molar-refractivity contribution in [2.75, 3.05) is 41.3 Å². The highest BCUT2D eigenvalue weighted by Crippen LogP contribution is 2.57. The minimum atomic E-state index is -1.93. The van der Waals surface area contributed by atoms with E-state index in [1.807, 2.05) is 19.1 Å². The number of benzene rings is 4. The van der Waals surface area contributed by atoms with Crippen molar-refractivity contribution < 1.29 is 66.5 Å². The molecule has 6 aromatic rings. The number of rotatable bonds is 12. The SMILES string of the molecule is CCc1c2c(nc3ccc(C)cc13)-c1cc3c(c(=O)n1C2)COC(=O)C3(CC)OC(=O)COc1ccc(C(=O)OC2c3cc4c(cc3C(c3cc(OC)c(OC)c(OC)c3)[C@H]3C(=O)OC[C@@H]23)OCO4)cc1. The zero-order chi connectivity index (χ0) is 49.5. The van der Waals surface area contributed by atoms with Gasteiger partial charge in [0.15, 0.2) is 29.6 Å². The largest absolute Gasteiger partial charge is 0.493 e. The number of carbonyl (C=O) groups is 4. The lowest BCUT2D eigenvalue weighted by Crippen LogP contribution is -2.48. The number of pyridine rings is 2. The van der Waals surface area contributed by atoms with Crippen LogP contribution in [-0.2, 0) is 58.5 Å². The first-order valence-corrected chi connectivity index (χ1v) is 23.3. The number of nitrogens with zero attached hydrogens (tertiary/aromatic N) is 2. The van der Waals surface area contributed by atoms with E-state index in [2.05, 4.69) is 13.0 Å². The Hall–Kier alpha value is -8.08. The van der Waals surface area contributed by atoms with Crippen LogP contribution in [0.4, 0.5) is 0 Å². The standard InChI is InChI=1S/C54H48N2O15/c1-7-30-31-15-26(3)9-14-38(31)55-47-34(30)21-56-39(47)20-37-35(50(56)58)22-67-53(61)54(37,8-2)71-44(57)24-65-29-12-10-27(11-13-29)51(59)70-48-33-19-41-40(68-25-69-41)18-32(33)45(46-36(48)23-66-52(46)60)28-16-42(62-4)49(64-6)43(17-28)63-5/h9-20,36,45-46,48H,7-8,21-25H2,1-6H3/t36-,45?,46+,48?,54?/m1/s1. The zero-order valence-electron chi connectivity index (χ0n) is 39.7. The topological polar surface area (TPSA) is 195 Å². The molecule has 17 nitrogen and oxygen atoms in total. The van der Waals surface area contributed by atoms with Gasteiger partial charge in [-0.25, -0.2) is 19.4 Å². The second kappa shape index (κ2) is 17.4. The minimum absolute atomic E-state index is 0.00730. The zero-order valence-corrected chi connectivity index (χ0v) is 39.7. The summed E-state index contributed by atoms with van der Waals surface area (Å²) in [5.74, 6) is -2.47. The summed E-state index contributed by atoms with van der Waals surface area (Å²) in [7, 11) is 4.53. The molecule has 0 bridgehead atoms. The van der Waals surface area contributed by atoms with Crippen LogP contribution in [0.25, 0.3) is 22.3 Å². The molecule has 71 heavy (non-hydrogen) atoms. The first kappa shape index (κ1) is 45.4. The van der Waals surface area contributed by atoms with Gasteiger partial charge in [0.2, 0.25) is 18.1 Å². The van der Waals surface area contributed by atoms with Crippen LogP contribution in [0.1, 0.15) is 87.2 Å².